The third-order valence-electron chi connectivity index (χ3n) is 2.37. The Kier molecular flexibility index (Phi) is 4.80. The van der Waals surface area contributed by atoms with Crippen molar-refractivity contribution in [2.45, 2.75) is 25.2 Å². The summed E-state index contributed by atoms with van der Waals surface area (Å²) in [5.41, 5.74) is 0.698. The third kappa shape index (κ3) is 4.18. The van der Waals surface area contributed by atoms with Crippen LogP contribution in [0.25, 0.3) is 0 Å². The maximum absolute atomic E-state index is 12.1. The summed E-state index contributed by atoms with van der Waals surface area (Å²) < 4.78 is 36.2. The van der Waals surface area contributed by atoms with E-state index in [1.807, 2.05) is 0 Å². The van der Waals surface area contributed by atoms with E-state index in [0.29, 0.717) is 10.6 Å². The SMILES string of the molecule is C[C@@H](NCC(O)C(F)(F)F)c1ccccc1Cl. The van der Waals surface area contributed by atoms with Gasteiger partial charge in [-0.2, -0.15) is 13.2 Å². The minimum Gasteiger partial charge on any atom is -0.382 e. The van der Waals surface area contributed by atoms with Gasteiger partial charge < -0.3 is 10.4 Å². The number of aliphatic hydroxyl groups excluding tert-OH is 1. The maximum Gasteiger partial charge on any atom is 0.415 e. The number of hydrogen-bond acceptors (Lipinski definition) is 2. The molecule has 0 saturated carbocycles. The van der Waals surface area contributed by atoms with Gasteiger partial charge in [-0.05, 0) is 18.6 Å². The minimum absolute atomic E-state index is 0.360. The first kappa shape index (κ1) is 14.3. The Morgan fingerprint density at radius 3 is 2.47 bits per heavy atom. The molecule has 0 radical (unpaired) electrons. The lowest BCUT2D eigenvalue weighted by Gasteiger charge is -2.19. The molecule has 17 heavy (non-hydrogen) atoms. The quantitative estimate of drug-likeness (QED) is 0.879. The largest absolute Gasteiger partial charge is 0.415 e. The molecular weight excluding hydrogens is 255 g/mol. The summed E-state index contributed by atoms with van der Waals surface area (Å²) >= 11 is 5.90. The van der Waals surface area contributed by atoms with Crippen molar-refractivity contribution in [2.24, 2.45) is 0 Å². The molecule has 1 unspecified atom stereocenters. The molecule has 0 aliphatic heterocycles. The monoisotopic (exact) mass is 267 g/mol. The van der Waals surface area contributed by atoms with Gasteiger partial charge in [0.15, 0.2) is 6.10 Å². The molecule has 0 fully saturated rings. The Morgan fingerprint density at radius 2 is 1.94 bits per heavy atom. The first-order chi connectivity index (χ1) is 7.82. The standard InChI is InChI=1S/C11H13ClF3NO/c1-7(8-4-2-3-5-9(8)12)16-6-10(17)11(13,14)15/h2-5,7,10,16-17H,6H2,1H3/t7-,10?/m1/s1. The van der Waals surface area contributed by atoms with Gasteiger partial charge in [0, 0.05) is 17.6 Å². The zero-order valence-corrected chi connectivity index (χ0v) is 9.89. The first-order valence-corrected chi connectivity index (χ1v) is 5.42. The smallest absolute Gasteiger partial charge is 0.382 e. The molecule has 2 nitrogen and oxygen atoms in total. The third-order valence-corrected chi connectivity index (χ3v) is 2.71. The molecule has 2 atom stereocenters. The second kappa shape index (κ2) is 5.71. The predicted octanol–water partition coefficient (Wildman–Crippen LogP) is 2.91. The number of nitrogens with one attached hydrogen (secondary N) is 1. The fraction of sp³-hybridized carbons (Fsp3) is 0.455. The molecule has 0 amide bonds. The van der Waals surface area contributed by atoms with E-state index in [2.05, 4.69) is 5.32 Å². The number of aliphatic hydroxyl groups is 1. The topological polar surface area (TPSA) is 32.3 Å². The number of alkyl halides is 3. The van der Waals surface area contributed by atoms with Gasteiger partial charge in [0.2, 0.25) is 0 Å². The van der Waals surface area contributed by atoms with Crippen molar-refractivity contribution in [1.29, 1.82) is 0 Å². The highest BCUT2D eigenvalue weighted by atomic mass is 35.5. The second-order valence-corrected chi connectivity index (χ2v) is 4.12. The number of hydrogen-bond donors (Lipinski definition) is 2. The molecular formula is C11H13ClF3NO. The molecule has 0 aliphatic rings. The molecule has 1 aromatic rings. The summed E-state index contributed by atoms with van der Waals surface area (Å²) in [6.45, 7) is 1.13. The van der Waals surface area contributed by atoms with Gasteiger partial charge in [-0.25, -0.2) is 0 Å². The van der Waals surface area contributed by atoms with Gasteiger partial charge in [-0.3, -0.25) is 0 Å². The van der Waals surface area contributed by atoms with Gasteiger partial charge in [-0.15, -0.1) is 0 Å². The average molecular weight is 268 g/mol. The molecule has 0 aliphatic carbocycles. The molecule has 1 rings (SSSR count). The van der Waals surface area contributed by atoms with Crippen LogP contribution < -0.4 is 5.32 Å². The fourth-order valence-corrected chi connectivity index (χ4v) is 1.64. The molecule has 96 valence electrons. The summed E-state index contributed by atoms with van der Waals surface area (Å²) in [6, 6.07) is 6.51. The predicted molar refractivity (Wildman–Crippen MR) is 59.9 cm³/mol. The Balaban J connectivity index is 2.57. The highest BCUT2D eigenvalue weighted by Crippen LogP contribution is 2.23. The van der Waals surface area contributed by atoms with Crippen LogP contribution in [0.4, 0.5) is 13.2 Å². The number of rotatable bonds is 4. The van der Waals surface area contributed by atoms with Gasteiger partial charge in [-0.1, -0.05) is 29.8 Å². The van der Waals surface area contributed by atoms with E-state index in [1.54, 1.807) is 31.2 Å². The summed E-state index contributed by atoms with van der Waals surface area (Å²) in [4.78, 5) is 0. The van der Waals surface area contributed by atoms with Crippen LogP contribution in [0.3, 0.4) is 0 Å². The number of benzene rings is 1. The normalized spacial score (nSPS) is 15.6. The molecule has 0 heterocycles. The van der Waals surface area contributed by atoms with Crippen molar-refractivity contribution in [3.8, 4) is 0 Å². The molecule has 0 spiro atoms. The molecule has 1 aromatic carbocycles. The number of halogens is 4. The van der Waals surface area contributed by atoms with E-state index in [1.165, 1.54) is 0 Å². The Morgan fingerprint density at radius 1 is 1.35 bits per heavy atom. The highest BCUT2D eigenvalue weighted by Gasteiger charge is 2.37. The van der Waals surface area contributed by atoms with Crippen LogP contribution in [0.15, 0.2) is 24.3 Å². The van der Waals surface area contributed by atoms with Crippen molar-refractivity contribution in [3.05, 3.63) is 34.9 Å². The summed E-state index contributed by atoms with van der Waals surface area (Å²) in [7, 11) is 0. The van der Waals surface area contributed by atoms with Gasteiger partial charge in [0.05, 0.1) is 0 Å². The fourth-order valence-electron chi connectivity index (χ4n) is 1.34. The average Bonchev–Trinajstić information content (AvgIpc) is 2.24. The lowest BCUT2D eigenvalue weighted by molar-refractivity contribution is -0.202. The molecule has 0 bridgehead atoms. The van der Waals surface area contributed by atoms with Crippen molar-refractivity contribution in [3.63, 3.8) is 0 Å². The molecule has 0 saturated heterocycles. The molecule has 2 N–H and O–H groups in total. The minimum atomic E-state index is -4.60. The van der Waals surface area contributed by atoms with Crippen LogP contribution in [0.1, 0.15) is 18.5 Å². The Hall–Kier alpha value is -0.780. The van der Waals surface area contributed by atoms with Crippen molar-refractivity contribution < 1.29 is 18.3 Å². The van der Waals surface area contributed by atoms with Crippen molar-refractivity contribution >= 4 is 11.6 Å². The lowest BCUT2D eigenvalue weighted by atomic mass is 10.1. The van der Waals surface area contributed by atoms with Gasteiger partial charge in [0.1, 0.15) is 0 Å². The van der Waals surface area contributed by atoms with Crippen LogP contribution in [0.5, 0.6) is 0 Å². The summed E-state index contributed by atoms with van der Waals surface area (Å²) in [6.07, 6.45) is -6.97. The Labute approximate surface area is 102 Å². The van der Waals surface area contributed by atoms with Gasteiger partial charge >= 0.3 is 6.18 Å². The van der Waals surface area contributed by atoms with E-state index < -0.39 is 18.8 Å². The van der Waals surface area contributed by atoms with Crippen LogP contribution >= 0.6 is 11.6 Å². The molecule has 6 heteroatoms. The van der Waals surface area contributed by atoms with Crippen LogP contribution in [0.2, 0.25) is 5.02 Å². The lowest BCUT2D eigenvalue weighted by Crippen LogP contribution is -2.39. The molecule has 0 aromatic heterocycles. The first-order valence-electron chi connectivity index (χ1n) is 5.05. The van der Waals surface area contributed by atoms with Crippen molar-refractivity contribution in [2.75, 3.05) is 6.54 Å². The van der Waals surface area contributed by atoms with Crippen LogP contribution in [-0.2, 0) is 0 Å². The highest BCUT2D eigenvalue weighted by molar-refractivity contribution is 6.31. The van der Waals surface area contributed by atoms with E-state index in [-0.39, 0.29) is 6.04 Å². The van der Waals surface area contributed by atoms with E-state index in [9.17, 15) is 13.2 Å². The summed E-state index contributed by atoms with van der Waals surface area (Å²) in [5.74, 6) is 0. The van der Waals surface area contributed by atoms with Crippen LogP contribution in [0, 0.1) is 0 Å². The summed E-state index contributed by atoms with van der Waals surface area (Å²) in [5, 5.41) is 11.9. The maximum atomic E-state index is 12.1. The zero-order valence-electron chi connectivity index (χ0n) is 9.13. The van der Waals surface area contributed by atoms with Crippen LogP contribution in [-0.4, -0.2) is 23.9 Å². The van der Waals surface area contributed by atoms with E-state index in [4.69, 9.17) is 16.7 Å². The van der Waals surface area contributed by atoms with E-state index >= 15 is 0 Å². The zero-order chi connectivity index (χ0) is 13.1. The van der Waals surface area contributed by atoms with Crippen molar-refractivity contribution in [1.82, 2.24) is 5.32 Å². The van der Waals surface area contributed by atoms with Gasteiger partial charge in [0.25, 0.3) is 0 Å². The second-order valence-electron chi connectivity index (χ2n) is 3.71. The van der Waals surface area contributed by atoms with E-state index in [0.717, 1.165) is 0 Å². The Bertz CT molecular complexity index is 370.